The number of ether oxygens (including phenoxy) is 3. The Hall–Kier alpha value is -2.56. The number of hydrogen-bond acceptors (Lipinski definition) is 5. The molecule has 5 heteroatoms. The van der Waals surface area contributed by atoms with Gasteiger partial charge in [0.05, 0.1) is 7.11 Å². The van der Waals surface area contributed by atoms with Gasteiger partial charge in [0, 0.05) is 24.8 Å². The summed E-state index contributed by atoms with van der Waals surface area (Å²) in [5.74, 6) is 0.623. The lowest BCUT2D eigenvalue weighted by Gasteiger charge is -2.41. The van der Waals surface area contributed by atoms with Crippen molar-refractivity contribution in [3.63, 3.8) is 0 Å². The highest BCUT2D eigenvalue weighted by atomic mass is 16.5. The van der Waals surface area contributed by atoms with E-state index in [-0.39, 0.29) is 30.1 Å². The highest BCUT2D eigenvalue weighted by Gasteiger charge is 2.51. The minimum Gasteiger partial charge on any atom is -0.496 e. The van der Waals surface area contributed by atoms with Gasteiger partial charge in [0.15, 0.2) is 0 Å². The van der Waals surface area contributed by atoms with E-state index in [1.165, 1.54) is 30.4 Å². The van der Waals surface area contributed by atoms with Crippen molar-refractivity contribution in [2.75, 3.05) is 7.11 Å². The highest BCUT2D eigenvalue weighted by molar-refractivity contribution is 5.92. The molecule has 0 N–H and O–H groups in total. The minimum absolute atomic E-state index is 0.00996. The molecule has 29 heavy (non-hydrogen) atoms. The molecular weight excluding hydrogens is 368 g/mol. The van der Waals surface area contributed by atoms with Crippen LogP contribution in [0.15, 0.2) is 24.3 Å². The van der Waals surface area contributed by atoms with Crippen molar-refractivity contribution in [2.45, 2.75) is 65.1 Å². The number of fused-ring (bicyclic) bond motifs is 5. The van der Waals surface area contributed by atoms with Crippen molar-refractivity contribution in [3.8, 4) is 5.75 Å². The molecule has 1 fully saturated rings. The Morgan fingerprint density at radius 1 is 1.07 bits per heavy atom. The van der Waals surface area contributed by atoms with Crippen molar-refractivity contribution < 1.29 is 23.8 Å². The Bertz CT molecular complexity index is 979. The van der Waals surface area contributed by atoms with Gasteiger partial charge in [-0.2, -0.15) is 0 Å². The largest absolute Gasteiger partial charge is 0.496 e. The van der Waals surface area contributed by atoms with Crippen LogP contribution in [0.3, 0.4) is 0 Å². The van der Waals surface area contributed by atoms with E-state index in [4.69, 9.17) is 14.2 Å². The smallest absolute Gasteiger partial charge is 0.302 e. The summed E-state index contributed by atoms with van der Waals surface area (Å²) in [5.41, 5.74) is 3.62. The summed E-state index contributed by atoms with van der Waals surface area (Å²) in [7, 11) is 1.63. The second-order valence-electron chi connectivity index (χ2n) is 8.49. The molecule has 0 unspecified atom stereocenters. The third-order valence-corrected chi connectivity index (χ3v) is 6.90. The molecule has 2 aromatic rings. The van der Waals surface area contributed by atoms with Crippen LogP contribution < -0.4 is 4.74 Å². The van der Waals surface area contributed by atoms with Crippen LogP contribution in [-0.4, -0.2) is 25.2 Å². The van der Waals surface area contributed by atoms with Crippen LogP contribution in [0.5, 0.6) is 5.75 Å². The third kappa shape index (κ3) is 3.26. The molecule has 0 heterocycles. The minimum atomic E-state index is -0.305. The van der Waals surface area contributed by atoms with Crippen LogP contribution in [0.25, 0.3) is 10.8 Å². The van der Waals surface area contributed by atoms with Crippen LogP contribution >= 0.6 is 0 Å². The predicted octanol–water partition coefficient (Wildman–Crippen LogP) is 4.67. The molecule has 0 bridgehead atoms. The maximum atomic E-state index is 11.6. The van der Waals surface area contributed by atoms with Crippen molar-refractivity contribution in [1.29, 1.82) is 0 Å². The number of aryl methyl sites for hydroxylation is 1. The van der Waals surface area contributed by atoms with Gasteiger partial charge >= 0.3 is 11.9 Å². The van der Waals surface area contributed by atoms with Crippen LogP contribution in [0.4, 0.5) is 0 Å². The monoisotopic (exact) mass is 396 g/mol. The van der Waals surface area contributed by atoms with E-state index in [9.17, 15) is 9.59 Å². The molecule has 0 spiro atoms. The second kappa shape index (κ2) is 7.36. The zero-order valence-corrected chi connectivity index (χ0v) is 17.5. The van der Waals surface area contributed by atoms with Gasteiger partial charge in [0.25, 0.3) is 0 Å². The van der Waals surface area contributed by atoms with Crippen molar-refractivity contribution in [1.82, 2.24) is 0 Å². The lowest BCUT2D eigenvalue weighted by Crippen LogP contribution is -2.37. The van der Waals surface area contributed by atoms with E-state index in [0.29, 0.717) is 5.92 Å². The third-order valence-electron chi connectivity index (χ3n) is 6.90. The summed E-state index contributed by atoms with van der Waals surface area (Å²) >= 11 is 0. The van der Waals surface area contributed by atoms with Crippen LogP contribution in [-0.2, 0) is 32.1 Å². The molecule has 154 valence electrons. The number of carbonyl (C=O) groups excluding carboxylic acids is 2. The maximum Gasteiger partial charge on any atom is 0.302 e. The van der Waals surface area contributed by atoms with E-state index in [2.05, 4.69) is 25.1 Å². The first-order chi connectivity index (χ1) is 13.8. The second-order valence-corrected chi connectivity index (χ2v) is 8.49. The van der Waals surface area contributed by atoms with Gasteiger partial charge in [-0.3, -0.25) is 9.59 Å². The SMILES string of the molecule is COc1ccc2c3c(ccc2c1COC(C)=O)[C@@H]1CC[C@H](OC(C)=O)[C@@]1(C)CC3. The van der Waals surface area contributed by atoms with E-state index in [1.54, 1.807) is 7.11 Å². The fourth-order valence-corrected chi connectivity index (χ4v) is 5.48. The highest BCUT2D eigenvalue weighted by Crippen LogP contribution is 2.57. The van der Waals surface area contributed by atoms with E-state index in [1.807, 2.05) is 6.07 Å². The number of carbonyl (C=O) groups is 2. The summed E-state index contributed by atoms with van der Waals surface area (Å²) < 4.78 is 16.5. The Morgan fingerprint density at radius 3 is 2.52 bits per heavy atom. The lowest BCUT2D eigenvalue weighted by atomic mass is 9.65. The molecule has 0 amide bonds. The Labute approximate surface area is 171 Å². The number of esters is 2. The first-order valence-electron chi connectivity index (χ1n) is 10.3. The van der Waals surface area contributed by atoms with Gasteiger partial charge in [-0.25, -0.2) is 0 Å². The van der Waals surface area contributed by atoms with Crippen molar-refractivity contribution in [2.24, 2.45) is 5.41 Å². The molecular formula is C24H28O5. The Balaban J connectivity index is 1.78. The molecule has 1 saturated carbocycles. The average Bonchev–Trinajstić information content (AvgIpc) is 3.01. The van der Waals surface area contributed by atoms with E-state index < -0.39 is 0 Å². The van der Waals surface area contributed by atoms with Crippen LogP contribution in [0.2, 0.25) is 0 Å². The molecule has 2 aromatic carbocycles. The fraction of sp³-hybridized carbons (Fsp3) is 0.500. The molecule has 0 aromatic heterocycles. The van der Waals surface area contributed by atoms with Gasteiger partial charge in [-0.1, -0.05) is 25.1 Å². The van der Waals surface area contributed by atoms with Crippen LogP contribution in [0.1, 0.15) is 62.6 Å². The Kier molecular flexibility index (Phi) is 5.01. The maximum absolute atomic E-state index is 11.6. The quantitative estimate of drug-likeness (QED) is 0.703. The number of rotatable bonds is 4. The zero-order chi connectivity index (χ0) is 20.8. The van der Waals surface area contributed by atoms with Crippen molar-refractivity contribution >= 4 is 22.7 Å². The van der Waals surface area contributed by atoms with Gasteiger partial charge in [0.1, 0.15) is 18.5 Å². The predicted molar refractivity (Wildman–Crippen MR) is 110 cm³/mol. The summed E-state index contributed by atoms with van der Waals surface area (Å²) in [4.78, 5) is 22.9. The molecule has 0 radical (unpaired) electrons. The number of hydrogen-bond donors (Lipinski definition) is 0. The standard InChI is InChI=1S/C24H28O5/c1-14(25)28-13-20-17-5-6-19-18(16(17)7-9-22(20)27-4)11-12-24(3)21(19)8-10-23(24)29-15(2)26/h5-7,9,21,23H,8,10-13H2,1-4H3/t21-,23-,24-/m0/s1. The molecule has 5 nitrogen and oxygen atoms in total. The normalized spacial score (nSPS) is 25.2. The summed E-state index contributed by atoms with van der Waals surface area (Å²) in [5, 5.41) is 2.27. The average molecular weight is 396 g/mol. The number of benzene rings is 2. The summed E-state index contributed by atoms with van der Waals surface area (Å²) in [6, 6.07) is 8.42. The summed E-state index contributed by atoms with van der Waals surface area (Å²) in [6.07, 6.45) is 3.87. The van der Waals surface area contributed by atoms with Crippen molar-refractivity contribution in [3.05, 3.63) is 41.0 Å². The Morgan fingerprint density at radius 2 is 1.83 bits per heavy atom. The van der Waals surface area contributed by atoms with E-state index >= 15 is 0 Å². The van der Waals surface area contributed by atoms with Gasteiger partial charge in [-0.05, 0) is 59.6 Å². The molecule has 0 saturated heterocycles. The molecule has 2 aliphatic carbocycles. The molecule has 2 aliphatic rings. The molecule has 0 aliphatic heterocycles. The molecule has 3 atom stereocenters. The van der Waals surface area contributed by atoms with E-state index in [0.717, 1.165) is 42.4 Å². The zero-order valence-electron chi connectivity index (χ0n) is 17.5. The van der Waals surface area contributed by atoms with Gasteiger partial charge in [-0.15, -0.1) is 0 Å². The van der Waals surface area contributed by atoms with Crippen LogP contribution in [0, 0.1) is 5.41 Å². The molecule has 4 rings (SSSR count). The topological polar surface area (TPSA) is 61.8 Å². The number of methoxy groups -OCH3 is 1. The fourth-order valence-electron chi connectivity index (χ4n) is 5.48. The first-order valence-corrected chi connectivity index (χ1v) is 10.3. The lowest BCUT2D eigenvalue weighted by molar-refractivity contribution is -0.152. The first kappa shape index (κ1) is 19.7. The summed E-state index contributed by atoms with van der Waals surface area (Å²) in [6.45, 7) is 5.38. The van der Waals surface area contributed by atoms with Gasteiger partial charge in [0.2, 0.25) is 0 Å². The van der Waals surface area contributed by atoms with Gasteiger partial charge < -0.3 is 14.2 Å².